The highest BCUT2D eigenvalue weighted by Gasteiger charge is 2.21. The van der Waals surface area contributed by atoms with Gasteiger partial charge in [-0.05, 0) is 49.4 Å². The molecule has 2 aromatic heterocycles. The van der Waals surface area contributed by atoms with Crippen molar-refractivity contribution in [2.45, 2.75) is 26.7 Å². The highest BCUT2D eigenvalue weighted by atomic mass is 35.5. The molecule has 24 heavy (non-hydrogen) atoms. The number of anilines is 1. The molecule has 1 aliphatic rings. The van der Waals surface area contributed by atoms with E-state index in [1.807, 2.05) is 36.0 Å². The van der Waals surface area contributed by atoms with Crippen LogP contribution in [0.15, 0.2) is 30.7 Å². The van der Waals surface area contributed by atoms with Crippen molar-refractivity contribution >= 4 is 28.5 Å². The minimum atomic E-state index is 0.692. The first-order valence-electron chi connectivity index (χ1n) is 8.33. The second kappa shape index (κ2) is 6.06. The third kappa shape index (κ3) is 2.63. The van der Waals surface area contributed by atoms with Crippen molar-refractivity contribution in [3.05, 3.63) is 41.3 Å². The first-order valence-corrected chi connectivity index (χ1v) is 8.71. The van der Waals surface area contributed by atoms with Gasteiger partial charge in [-0.15, -0.1) is 0 Å². The predicted molar refractivity (Wildman–Crippen MR) is 97.0 cm³/mol. The topological polar surface area (TPSA) is 46.8 Å². The Morgan fingerprint density at radius 2 is 2.12 bits per heavy atom. The van der Waals surface area contributed by atoms with Crippen LogP contribution < -0.4 is 4.90 Å². The molecule has 0 saturated carbocycles. The number of hydrogen-bond acceptors (Lipinski definition) is 4. The quantitative estimate of drug-likeness (QED) is 0.706. The molecule has 1 atom stereocenters. The minimum Gasteiger partial charge on any atom is -0.356 e. The summed E-state index contributed by atoms with van der Waals surface area (Å²) < 4.78 is 1.87. The number of halogens is 1. The Bertz CT molecular complexity index is 888. The van der Waals surface area contributed by atoms with Gasteiger partial charge in [-0.2, -0.15) is 5.10 Å². The third-order valence-electron chi connectivity index (χ3n) is 4.69. The van der Waals surface area contributed by atoms with Gasteiger partial charge in [0.1, 0.15) is 12.1 Å². The fourth-order valence-electron chi connectivity index (χ4n) is 3.50. The fourth-order valence-corrected chi connectivity index (χ4v) is 3.72. The van der Waals surface area contributed by atoms with E-state index < -0.39 is 0 Å². The second-order valence-corrected chi connectivity index (χ2v) is 7.05. The lowest BCUT2D eigenvalue weighted by Crippen LogP contribution is -2.34. The minimum absolute atomic E-state index is 0.692. The molecule has 0 spiro atoms. The van der Waals surface area contributed by atoms with E-state index in [1.165, 1.54) is 12.8 Å². The lowest BCUT2D eigenvalue weighted by atomic mass is 10.0. The molecule has 6 heteroatoms. The van der Waals surface area contributed by atoms with Crippen LogP contribution in [0.4, 0.5) is 5.82 Å². The van der Waals surface area contributed by atoms with Gasteiger partial charge in [0.05, 0.1) is 17.3 Å². The number of nitrogens with zero attached hydrogens (tertiary/aromatic N) is 5. The van der Waals surface area contributed by atoms with Gasteiger partial charge >= 0.3 is 0 Å². The van der Waals surface area contributed by atoms with E-state index in [0.29, 0.717) is 5.92 Å². The van der Waals surface area contributed by atoms with Crippen LogP contribution in [0.2, 0.25) is 5.02 Å². The molecule has 0 aliphatic carbocycles. The van der Waals surface area contributed by atoms with Crippen molar-refractivity contribution < 1.29 is 0 Å². The largest absolute Gasteiger partial charge is 0.356 e. The van der Waals surface area contributed by atoms with Crippen molar-refractivity contribution in [2.24, 2.45) is 5.92 Å². The molecule has 1 aromatic carbocycles. The van der Waals surface area contributed by atoms with Crippen molar-refractivity contribution in [3.63, 3.8) is 0 Å². The molecule has 1 saturated heterocycles. The summed E-state index contributed by atoms with van der Waals surface area (Å²) in [4.78, 5) is 11.4. The van der Waals surface area contributed by atoms with Crippen LogP contribution in [0.25, 0.3) is 16.7 Å². The van der Waals surface area contributed by atoms with E-state index >= 15 is 0 Å². The van der Waals surface area contributed by atoms with Gasteiger partial charge in [-0.1, -0.05) is 18.5 Å². The van der Waals surface area contributed by atoms with E-state index in [4.69, 9.17) is 11.6 Å². The van der Waals surface area contributed by atoms with E-state index in [2.05, 4.69) is 26.9 Å². The molecule has 5 nitrogen and oxygen atoms in total. The number of aryl methyl sites for hydroxylation is 1. The number of aromatic nitrogens is 4. The summed E-state index contributed by atoms with van der Waals surface area (Å²) in [7, 11) is 0. The molecule has 0 N–H and O–H groups in total. The van der Waals surface area contributed by atoms with E-state index in [0.717, 1.165) is 46.2 Å². The molecule has 1 aliphatic heterocycles. The summed E-state index contributed by atoms with van der Waals surface area (Å²) in [6.45, 7) is 6.41. The Labute approximate surface area is 146 Å². The van der Waals surface area contributed by atoms with Gasteiger partial charge in [0, 0.05) is 18.1 Å². The smallest absolute Gasteiger partial charge is 0.168 e. The molecule has 0 bridgehead atoms. The Morgan fingerprint density at radius 1 is 1.25 bits per heavy atom. The molecule has 1 fully saturated rings. The maximum atomic E-state index is 6.08. The maximum Gasteiger partial charge on any atom is 0.168 e. The van der Waals surface area contributed by atoms with Crippen LogP contribution in [0, 0.1) is 12.8 Å². The number of piperidine rings is 1. The normalized spacial score (nSPS) is 18.3. The molecular weight excluding hydrogens is 322 g/mol. The van der Waals surface area contributed by atoms with Crippen molar-refractivity contribution in [3.8, 4) is 5.69 Å². The average Bonchev–Trinajstić information content (AvgIpc) is 2.99. The third-order valence-corrected chi connectivity index (χ3v) is 4.92. The summed E-state index contributed by atoms with van der Waals surface area (Å²) in [6, 6.07) is 5.81. The number of benzene rings is 1. The summed E-state index contributed by atoms with van der Waals surface area (Å²) in [5.41, 5.74) is 2.90. The monoisotopic (exact) mass is 341 g/mol. The zero-order valence-electron chi connectivity index (χ0n) is 13.9. The average molecular weight is 342 g/mol. The van der Waals surface area contributed by atoms with E-state index in [9.17, 15) is 0 Å². The zero-order chi connectivity index (χ0) is 16.7. The summed E-state index contributed by atoms with van der Waals surface area (Å²) in [5, 5.41) is 6.30. The molecule has 3 aromatic rings. The summed E-state index contributed by atoms with van der Waals surface area (Å²) in [6.07, 6.45) is 6.00. The SMILES string of the molecule is Cc1cc(Cl)ccc1-n1ncc2c(N3CCC[C@H](C)C3)ncnc21. The van der Waals surface area contributed by atoms with Crippen LogP contribution in [0.5, 0.6) is 0 Å². The Kier molecular flexibility index (Phi) is 3.88. The van der Waals surface area contributed by atoms with E-state index in [1.54, 1.807) is 6.33 Å². The van der Waals surface area contributed by atoms with Crippen molar-refractivity contribution in [2.75, 3.05) is 18.0 Å². The number of hydrogen-bond donors (Lipinski definition) is 0. The molecule has 3 heterocycles. The Hall–Kier alpha value is -2.14. The molecule has 124 valence electrons. The number of fused-ring (bicyclic) bond motifs is 1. The van der Waals surface area contributed by atoms with Crippen LogP contribution in [-0.2, 0) is 0 Å². The highest BCUT2D eigenvalue weighted by molar-refractivity contribution is 6.30. The van der Waals surface area contributed by atoms with Gasteiger partial charge in [0.15, 0.2) is 5.65 Å². The summed E-state index contributed by atoms with van der Waals surface area (Å²) >= 11 is 6.08. The van der Waals surface area contributed by atoms with Crippen LogP contribution >= 0.6 is 11.6 Å². The van der Waals surface area contributed by atoms with E-state index in [-0.39, 0.29) is 0 Å². The van der Waals surface area contributed by atoms with Crippen LogP contribution in [0.1, 0.15) is 25.3 Å². The Morgan fingerprint density at radius 3 is 2.92 bits per heavy atom. The first kappa shape index (κ1) is 15.4. The molecule has 0 amide bonds. The van der Waals surface area contributed by atoms with Gasteiger partial charge in [-0.3, -0.25) is 0 Å². The van der Waals surface area contributed by atoms with Gasteiger partial charge in [-0.25, -0.2) is 14.6 Å². The molecule has 4 rings (SSSR count). The van der Waals surface area contributed by atoms with Crippen LogP contribution in [0.3, 0.4) is 0 Å². The van der Waals surface area contributed by atoms with Crippen molar-refractivity contribution in [1.82, 2.24) is 19.7 Å². The van der Waals surface area contributed by atoms with Crippen molar-refractivity contribution in [1.29, 1.82) is 0 Å². The number of rotatable bonds is 2. The molecular formula is C18H20ClN5. The molecule has 0 unspecified atom stereocenters. The zero-order valence-corrected chi connectivity index (χ0v) is 14.7. The van der Waals surface area contributed by atoms with Gasteiger partial charge in [0.2, 0.25) is 0 Å². The Balaban J connectivity index is 1.82. The second-order valence-electron chi connectivity index (χ2n) is 6.62. The maximum absolute atomic E-state index is 6.08. The van der Waals surface area contributed by atoms with Gasteiger partial charge in [0.25, 0.3) is 0 Å². The summed E-state index contributed by atoms with van der Waals surface area (Å²) in [5.74, 6) is 1.68. The fraction of sp³-hybridized carbons (Fsp3) is 0.389. The van der Waals surface area contributed by atoms with Gasteiger partial charge < -0.3 is 4.90 Å². The highest BCUT2D eigenvalue weighted by Crippen LogP contribution is 2.29. The lowest BCUT2D eigenvalue weighted by molar-refractivity contribution is 0.445. The predicted octanol–water partition coefficient (Wildman–Crippen LogP) is 4.01. The standard InChI is InChI=1S/C18H20ClN5/c1-12-4-3-7-23(10-12)17-15-9-22-24(18(15)21-11-20-17)16-6-5-14(19)8-13(16)2/h5-6,8-9,11-12H,3-4,7,10H2,1-2H3/t12-/m0/s1. The first-order chi connectivity index (χ1) is 11.6. The van der Waals surface area contributed by atoms with Crippen LogP contribution in [-0.4, -0.2) is 32.8 Å². The molecule has 0 radical (unpaired) electrons. The lowest BCUT2D eigenvalue weighted by Gasteiger charge is -2.31.